The van der Waals surface area contributed by atoms with Crippen molar-refractivity contribution < 1.29 is 27.8 Å². The van der Waals surface area contributed by atoms with Crippen LogP contribution in [-0.4, -0.2) is 78.8 Å². The predicted molar refractivity (Wildman–Crippen MR) is 123 cm³/mol. The fourth-order valence-corrected chi connectivity index (χ4v) is 4.78. The van der Waals surface area contributed by atoms with Crippen molar-refractivity contribution in [2.45, 2.75) is 32.6 Å². The highest BCUT2D eigenvalue weighted by Crippen LogP contribution is 2.43. The smallest absolute Gasteiger partial charge is 0.277 e. The number of ether oxygens (including phenoxy) is 1. The molecule has 1 aromatic heterocycles. The highest BCUT2D eigenvalue weighted by atomic mass is 32.3. The average Bonchev–Trinajstić information content (AvgIpc) is 3.42. The zero-order chi connectivity index (χ0) is 23.8. The summed E-state index contributed by atoms with van der Waals surface area (Å²) in [7, 11) is -2.77. The van der Waals surface area contributed by atoms with Crippen LogP contribution in [0.4, 0.5) is 4.39 Å². The Morgan fingerprint density at radius 2 is 2.03 bits per heavy atom. The predicted octanol–water partition coefficient (Wildman–Crippen LogP) is 3.09. The number of rotatable bonds is 11. The van der Waals surface area contributed by atoms with Gasteiger partial charge in [-0.25, -0.2) is 4.68 Å². The molecule has 0 radical (unpaired) electrons. The highest BCUT2D eigenvalue weighted by molar-refractivity contribution is 8.24. The number of nitrogens with one attached hydrogen (secondary N) is 1. The van der Waals surface area contributed by atoms with Crippen LogP contribution in [0.5, 0.6) is 5.75 Å². The van der Waals surface area contributed by atoms with Gasteiger partial charge >= 0.3 is 0 Å². The third kappa shape index (κ3) is 6.65. The number of alkyl halides is 1. The Bertz CT molecular complexity index is 970. The molecule has 12 heteroatoms. The second-order valence-electron chi connectivity index (χ2n) is 7.75. The lowest BCUT2D eigenvalue weighted by Crippen LogP contribution is -2.28. The van der Waals surface area contributed by atoms with Crippen molar-refractivity contribution in [1.29, 1.82) is 0 Å². The topological polar surface area (TPSA) is 130 Å². The van der Waals surface area contributed by atoms with Gasteiger partial charge in [-0.05, 0) is 44.4 Å². The zero-order valence-electron chi connectivity index (χ0n) is 18.6. The molecule has 3 N–H and O–H groups in total. The van der Waals surface area contributed by atoms with Crippen molar-refractivity contribution in [3.8, 4) is 11.4 Å². The van der Waals surface area contributed by atoms with Gasteiger partial charge < -0.3 is 15.0 Å². The monoisotopic (exact) mass is 483 g/mol. The number of hydrogen-bond donors (Lipinski definition) is 3. The highest BCUT2D eigenvalue weighted by Gasteiger charge is 2.31. The van der Waals surface area contributed by atoms with Crippen LogP contribution in [-0.2, 0) is 0 Å². The normalized spacial score (nSPS) is 15.9. The van der Waals surface area contributed by atoms with Crippen molar-refractivity contribution >= 4 is 22.4 Å². The molecule has 0 unspecified atom stereocenters. The lowest BCUT2D eigenvalue weighted by Gasteiger charge is -2.25. The van der Waals surface area contributed by atoms with Crippen molar-refractivity contribution in [3.05, 3.63) is 35.7 Å². The molecule has 2 heterocycles. The molecule has 0 aliphatic carbocycles. The van der Waals surface area contributed by atoms with E-state index in [1.54, 1.807) is 18.2 Å². The molecular formula is C21H30FN5O5S. The third-order valence-corrected chi connectivity index (χ3v) is 6.70. The van der Waals surface area contributed by atoms with E-state index in [4.69, 9.17) is 4.74 Å². The Morgan fingerprint density at radius 3 is 2.73 bits per heavy atom. The molecule has 0 saturated carbocycles. The number of halogens is 1. The fraction of sp³-hybridized carbons (Fsp3) is 0.524. The van der Waals surface area contributed by atoms with Crippen LogP contribution >= 0.6 is 10.6 Å². The summed E-state index contributed by atoms with van der Waals surface area (Å²) < 4.78 is 39.1. The van der Waals surface area contributed by atoms with Crippen molar-refractivity contribution in [2.75, 3.05) is 38.0 Å². The van der Waals surface area contributed by atoms with Gasteiger partial charge in [0.15, 0.2) is 5.69 Å². The molecule has 1 aliphatic rings. The molecule has 3 rings (SSSR count). The number of carbonyl (C=O) groups excluding carboxylic acids is 2. The summed E-state index contributed by atoms with van der Waals surface area (Å²) in [6.07, 6.45) is 4.31. The maximum absolute atomic E-state index is 12.7. The number of amides is 2. The number of unbranched alkanes of at least 4 members (excludes halogenated alkanes) is 3. The van der Waals surface area contributed by atoms with Crippen molar-refractivity contribution in [2.24, 2.45) is 0 Å². The maximum atomic E-state index is 12.7. The average molecular weight is 484 g/mol. The number of aromatic nitrogens is 3. The van der Waals surface area contributed by atoms with Gasteiger partial charge in [0.05, 0.1) is 25.2 Å². The van der Waals surface area contributed by atoms with Gasteiger partial charge in [0, 0.05) is 18.7 Å². The minimum atomic E-state index is -2.77. The molecule has 2 aromatic rings. The van der Waals surface area contributed by atoms with Crippen LogP contribution in [0.1, 0.15) is 53.5 Å². The number of carbonyl (C=O) groups is 2. The molecule has 33 heavy (non-hydrogen) atoms. The Balaban J connectivity index is 1.77. The van der Waals surface area contributed by atoms with Gasteiger partial charge in [0.25, 0.3) is 11.8 Å². The summed E-state index contributed by atoms with van der Waals surface area (Å²) in [6.45, 7) is 2.61. The quantitative estimate of drug-likeness (QED) is 0.419. The lowest BCUT2D eigenvalue weighted by atomic mass is 10.1. The summed E-state index contributed by atoms with van der Waals surface area (Å²) in [5.41, 5.74) is 0.993. The molecule has 1 saturated heterocycles. The van der Waals surface area contributed by atoms with Crippen LogP contribution < -0.4 is 10.1 Å². The van der Waals surface area contributed by atoms with Crippen LogP contribution in [0.25, 0.3) is 5.69 Å². The Morgan fingerprint density at radius 1 is 1.24 bits per heavy atom. The van der Waals surface area contributed by atoms with Gasteiger partial charge in [-0.15, -0.1) is 5.10 Å². The maximum Gasteiger partial charge on any atom is 0.277 e. The van der Waals surface area contributed by atoms with Gasteiger partial charge in [0.1, 0.15) is 17.3 Å². The largest absolute Gasteiger partial charge is 0.491 e. The lowest BCUT2D eigenvalue weighted by molar-refractivity contribution is 0.0794. The zero-order valence-corrected chi connectivity index (χ0v) is 19.4. The van der Waals surface area contributed by atoms with E-state index in [0.29, 0.717) is 36.6 Å². The van der Waals surface area contributed by atoms with Crippen LogP contribution in [0.3, 0.4) is 0 Å². The second-order valence-corrected chi connectivity index (χ2v) is 10.0. The Labute approximate surface area is 193 Å². The summed E-state index contributed by atoms with van der Waals surface area (Å²) in [5, 5.41) is 10.7. The van der Waals surface area contributed by atoms with E-state index in [1.807, 2.05) is 6.92 Å². The number of nitrogens with zero attached hydrogens (tertiary/aromatic N) is 4. The summed E-state index contributed by atoms with van der Waals surface area (Å²) in [5.74, 6) is -0.232. The van der Waals surface area contributed by atoms with E-state index >= 15 is 0 Å². The van der Waals surface area contributed by atoms with E-state index < -0.39 is 16.5 Å². The van der Waals surface area contributed by atoms with Gasteiger partial charge in [-0.3, -0.25) is 23.1 Å². The third-order valence-electron chi connectivity index (χ3n) is 5.14. The molecule has 0 atom stereocenters. The minimum absolute atomic E-state index is 0.0667. The van der Waals surface area contributed by atoms with Gasteiger partial charge in [-0.1, -0.05) is 11.6 Å². The summed E-state index contributed by atoms with van der Waals surface area (Å²) in [6, 6.07) is 4.91. The van der Waals surface area contributed by atoms with Gasteiger partial charge in [0.2, 0.25) is 0 Å². The molecule has 1 aliphatic heterocycles. The first kappa shape index (κ1) is 24.9. The van der Waals surface area contributed by atoms with Crippen LogP contribution in [0.2, 0.25) is 0 Å². The molecule has 0 bridgehead atoms. The summed E-state index contributed by atoms with van der Waals surface area (Å²) >= 11 is 0. The first-order valence-electron chi connectivity index (χ1n) is 10.9. The second kappa shape index (κ2) is 11.4. The molecule has 10 nitrogen and oxygen atoms in total. The van der Waals surface area contributed by atoms with E-state index in [0.717, 1.165) is 19.3 Å². The standard InChI is InChI=1S/C21H30FN5O5S/c1-2-23-20(28)16-7-8-18(19(13-16)32-11-6-4-3-5-9-22)27-14-17(24-25-27)21(29)26-10-12-33(30,31)15-26/h7-8,13-14,30-31H,2-6,9-12,15H2,1H3,(H,23,28). The molecule has 0 spiro atoms. The van der Waals surface area contributed by atoms with Crippen LogP contribution in [0.15, 0.2) is 24.4 Å². The fourth-order valence-electron chi connectivity index (χ4n) is 3.39. The Hall–Kier alpha value is -2.70. The molecular weight excluding hydrogens is 453 g/mol. The number of hydrogen-bond acceptors (Lipinski definition) is 7. The number of benzene rings is 1. The van der Waals surface area contributed by atoms with Crippen LogP contribution in [0, 0.1) is 0 Å². The molecule has 2 amide bonds. The minimum Gasteiger partial charge on any atom is -0.491 e. The molecule has 182 valence electrons. The van der Waals surface area contributed by atoms with Crippen molar-refractivity contribution in [3.63, 3.8) is 0 Å². The molecule has 1 aromatic carbocycles. The Kier molecular flexibility index (Phi) is 8.64. The van der Waals surface area contributed by atoms with E-state index in [2.05, 4.69) is 15.6 Å². The first-order chi connectivity index (χ1) is 15.8. The first-order valence-corrected chi connectivity index (χ1v) is 12.8. The van der Waals surface area contributed by atoms with E-state index in [-0.39, 0.29) is 36.5 Å². The van der Waals surface area contributed by atoms with E-state index in [1.165, 1.54) is 15.8 Å². The van der Waals surface area contributed by atoms with Gasteiger partial charge in [-0.2, -0.15) is 10.6 Å². The SMILES string of the molecule is CCNC(=O)c1ccc(-n2cc(C(=O)N3CCS(O)(O)C3)nn2)c(OCCCCCCF)c1. The van der Waals surface area contributed by atoms with Crippen molar-refractivity contribution in [1.82, 2.24) is 25.2 Å². The summed E-state index contributed by atoms with van der Waals surface area (Å²) in [4.78, 5) is 26.3. The van der Waals surface area contributed by atoms with E-state index in [9.17, 15) is 23.1 Å². The molecule has 1 fully saturated rings.